The topological polar surface area (TPSA) is 72.2 Å². The van der Waals surface area contributed by atoms with Crippen molar-refractivity contribution in [3.8, 4) is 0 Å². The quantitative estimate of drug-likeness (QED) is 0.562. The Morgan fingerprint density at radius 2 is 1.90 bits per heavy atom. The van der Waals surface area contributed by atoms with Crippen molar-refractivity contribution in [2.24, 2.45) is 5.92 Å². The summed E-state index contributed by atoms with van der Waals surface area (Å²) >= 11 is 0. The third-order valence-corrected chi connectivity index (χ3v) is 5.09. The van der Waals surface area contributed by atoms with Crippen LogP contribution in [0.1, 0.15) is 33.6 Å². The van der Waals surface area contributed by atoms with Gasteiger partial charge in [0.05, 0.1) is 15.7 Å². The molecule has 5 nitrogen and oxygen atoms in total. The van der Waals surface area contributed by atoms with Gasteiger partial charge in [0.15, 0.2) is 0 Å². The maximum Gasteiger partial charge on any atom is 0.269 e. The average molecular weight is 312 g/mol. The summed E-state index contributed by atoms with van der Waals surface area (Å²) in [5.74, 6) is 0.978. The molecule has 6 heteroatoms. The largest absolute Gasteiger partial charge is 0.313 e. The highest BCUT2D eigenvalue weighted by Crippen LogP contribution is 2.17. The van der Waals surface area contributed by atoms with Crippen LogP contribution in [-0.2, 0) is 10.8 Å². The summed E-state index contributed by atoms with van der Waals surface area (Å²) in [5.41, 5.74) is 0.0262. The van der Waals surface area contributed by atoms with Gasteiger partial charge in [-0.25, -0.2) is 0 Å². The fourth-order valence-corrected chi connectivity index (χ4v) is 3.42. The third-order valence-electron chi connectivity index (χ3n) is 3.63. The monoisotopic (exact) mass is 312 g/mol. The minimum absolute atomic E-state index is 0.0262. The molecule has 1 aromatic carbocycles. The van der Waals surface area contributed by atoms with E-state index in [1.165, 1.54) is 12.1 Å². The van der Waals surface area contributed by atoms with Gasteiger partial charge in [-0.2, -0.15) is 0 Å². The van der Waals surface area contributed by atoms with Crippen molar-refractivity contribution >= 4 is 16.5 Å². The summed E-state index contributed by atoms with van der Waals surface area (Å²) in [7, 11) is -1.15. The van der Waals surface area contributed by atoms with Crippen molar-refractivity contribution in [2.75, 3.05) is 12.3 Å². The summed E-state index contributed by atoms with van der Waals surface area (Å²) in [6.07, 6.45) is 2.07. The van der Waals surface area contributed by atoms with Gasteiger partial charge in [-0.3, -0.25) is 14.3 Å². The van der Waals surface area contributed by atoms with E-state index in [9.17, 15) is 14.3 Å². The van der Waals surface area contributed by atoms with E-state index in [2.05, 4.69) is 26.1 Å². The van der Waals surface area contributed by atoms with Crippen molar-refractivity contribution in [1.82, 2.24) is 5.32 Å². The Kier molecular flexibility index (Phi) is 7.53. The Bertz CT molecular complexity index is 476. The second-order valence-corrected chi connectivity index (χ2v) is 6.71. The van der Waals surface area contributed by atoms with Gasteiger partial charge in [0.25, 0.3) is 5.69 Å². The smallest absolute Gasteiger partial charge is 0.269 e. The molecule has 0 amide bonds. The van der Waals surface area contributed by atoms with Crippen LogP contribution in [0, 0.1) is 16.0 Å². The van der Waals surface area contributed by atoms with Crippen LogP contribution < -0.4 is 5.32 Å². The van der Waals surface area contributed by atoms with E-state index in [0.29, 0.717) is 16.6 Å². The van der Waals surface area contributed by atoms with E-state index in [1.54, 1.807) is 12.1 Å². The fourth-order valence-electron chi connectivity index (χ4n) is 2.02. The molecule has 0 aliphatic heterocycles. The maximum absolute atomic E-state index is 12.4. The number of hydrogen-bond donors (Lipinski definition) is 1. The summed E-state index contributed by atoms with van der Waals surface area (Å²) in [5, 5.41) is 14.1. The minimum Gasteiger partial charge on any atom is -0.313 e. The molecule has 0 spiro atoms. The van der Waals surface area contributed by atoms with Crippen LogP contribution in [0.25, 0.3) is 0 Å². The molecule has 0 fully saturated rings. The van der Waals surface area contributed by atoms with Crippen molar-refractivity contribution in [3.63, 3.8) is 0 Å². The molecular formula is C15H24N2O3S. The molecule has 0 aromatic heterocycles. The molecule has 1 aromatic rings. The highest BCUT2D eigenvalue weighted by Gasteiger charge is 2.19. The summed E-state index contributed by atoms with van der Waals surface area (Å²) in [4.78, 5) is 10.8. The van der Waals surface area contributed by atoms with Crippen LogP contribution in [0.15, 0.2) is 29.2 Å². The van der Waals surface area contributed by atoms with Gasteiger partial charge >= 0.3 is 0 Å². The number of nitrogens with one attached hydrogen (secondary N) is 1. The summed E-state index contributed by atoms with van der Waals surface area (Å²) < 4.78 is 12.4. The zero-order chi connectivity index (χ0) is 15.8. The number of nitro groups is 1. The minimum atomic E-state index is -1.15. The lowest BCUT2D eigenvalue weighted by Gasteiger charge is -2.23. The number of hydrogen-bond acceptors (Lipinski definition) is 4. The number of nitrogens with zero attached hydrogens (tertiary/aromatic N) is 1. The SMILES string of the molecule is CCCNC(CS(=O)c1ccc([N+](=O)[O-])cc1)C(C)CC. The van der Waals surface area contributed by atoms with E-state index in [4.69, 9.17) is 0 Å². The number of nitro benzene ring substituents is 1. The third kappa shape index (κ3) is 5.55. The highest BCUT2D eigenvalue weighted by atomic mass is 32.2. The Morgan fingerprint density at radius 3 is 2.38 bits per heavy atom. The molecular weight excluding hydrogens is 288 g/mol. The average Bonchev–Trinajstić information content (AvgIpc) is 2.50. The lowest BCUT2D eigenvalue weighted by Crippen LogP contribution is -2.39. The predicted octanol–water partition coefficient (Wildman–Crippen LogP) is 3.12. The second-order valence-electron chi connectivity index (χ2n) is 5.21. The predicted molar refractivity (Wildman–Crippen MR) is 85.9 cm³/mol. The van der Waals surface area contributed by atoms with Crippen LogP contribution in [0.2, 0.25) is 0 Å². The molecule has 0 saturated carbocycles. The molecule has 118 valence electrons. The molecule has 0 aliphatic carbocycles. The van der Waals surface area contributed by atoms with Crippen molar-refractivity contribution in [1.29, 1.82) is 0 Å². The van der Waals surface area contributed by atoms with Crippen LogP contribution in [-0.4, -0.2) is 27.5 Å². The first kappa shape index (κ1) is 17.8. The van der Waals surface area contributed by atoms with Gasteiger partial charge in [-0.05, 0) is 31.0 Å². The second kappa shape index (κ2) is 8.89. The standard InChI is InChI=1S/C15H24N2O3S/c1-4-10-16-15(12(3)5-2)11-21(20)14-8-6-13(7-9-14)17(18)19/h6-9,12,15-16H,4-5,10-11H2,1-3H3. The zero-order valence-corrected chi connectivity index (χ0v) is 13.7. The lowest BCUT2D eigenvalue weighted by molar-refractivity contribution is -0.384. The van der Waals surface area contributed by atoms with Gasteiger partial charge < -0.3 is 5.32 Å². The summed E-state index contributed by atoms with van der Waals surface area (Å²) in [6, 6.07) is 6.19. The first-order chi connectivity index (χ1) is 9.99. The highest BCUT2D eigenvalue weighted by molar-refractivity contribution is 7.85. The van der Waals surface area contributed by atoms with Gasteiger partial charge in [-0.1, -0.05) is 27.2 Å². The molecule has 0 heterocycles. The molecule has 21 heavy (non-hydrogen) atoms. The molecule has 3 atom stereocenters. The molecule has 0 bridgehead atoms. The number of non-ortho nitro benzene ring substituents is 1. The molecule has 3 unspecified atom stereocenters. The van der Waals surface area contributed by atoms with Crippen LogP contribution in [0.5, 0.6) is 0 Å². The Balaban J connectivity index is 2.73. The zero-order valence-electron chi connectivity index (χ0n) is 12.9. The fraction of sp³-hybridized carbons (Fsp3) is 0.600. The van der Waals surface area contributed by atoms with E-state index >= 15 is 0 Å². The molecule has 1 rings (SSSR count). The molecule has 0 radical (unpaired) electrons. The first-order valence-electron chi connectivity index (χ1n) is 7.35. The molecule has 1 N–H and O–H groups in total. The first-order valence-corrected chi connectivity index (χ1v) is 8.67. The number of rotatable bonds is 9. The Labute approximate surface area is 128 Å². The number of benzene rings is 1. The van der Waals surface area contributed by atoms with Gasteiger partial charge in [0.2, 0.25) is 0 Å². The van der Waals surface area contributed by atoms with Gasteiger partial charge in [0, 0.05) is 28.8 Å². The van der Waals surface area contributed by atoms with E-state index in [0.717, 1.165) is 19.4 Å². The normalized spacial score (nSPS) is 15.4. The van der Waals surface area contributed by atoms with E-state index in [1.807, 2.05) is 0 Å². The Morgan fingerprint density at radius 1 is 1.29 bits per heavy atom. The lowest BCUT2D eigenvalue weighted by atomic mass is 10.0. The van der Waals surface area contributed by atoms with E-state index < -0.39 is 15.7 Å². The van der Waals surface area contributed by atoms with Gasteiger partial charge in [0.1, 0.15) is 0 Å². The van der Waals surface area contributed by atoms with Gasteiger partial charge in [-0.15, -0.1) is 0 Å². The molecule has 0 aliphatic rings. The molecule has 0 saturated heterocycles. The van der Waals surface area contributed by atoms with Crippen LogP contribution >= 0.6 is 0 Å². The van der Waals surface area contributed by atoms with E-state index in [-0.39, 0.29) is 11.7 Å². The van der Waals surface area contributed by atoms with Crippen molar-refractivity contribution in [2.45, 2.75) is 44.6 Å². The maximum atomic E-state index is 12.4. The van der Waals surface area contributed by atoms with Crippen LogP contribution in [0.4, 0.5) is 5.69 Å². The van der Waals surface area contributed by atoms with Crippen LogP contribution in [0.3, 0.4) is 0 Å². The Hall–Kier alpha value is -1.27. The van der Waals surface area contributed by atoms with Crippen molar-refractivity contribution < 1.29 is 9.13 Å². The summed E-state index contributed by atoms with van der Waals surface area (Å²) in [6.45, 7) is 7.29. The van der Waals surface area contributed by atoms with Crippen molar-refractivity contribution in [3.05, 3.63) is 34.4 Å².